The van der Waals surface area contributed by atoms with Crippen molar-refractivity contribution in [1.82, 2.24) is 4.90 Å². The second-order valence-electron chi connectivity index (χ2n) is 4.87. The van der Waals surface area contributed by atoms with Gasteiger partial charge in [0.15, 0.2) is 0 Å². The van der Waals surface area contributed by atoms with E-state index in [0.29, 0.717) is 11.5 Å². The highest BCUT2D eigenvalue weighted by atomic mass is 32.2. The van der Waals surface area contributed by atoms with Crippen LogP contribution in [0.15, 0.2) is 18.2 Å². The van der Waals surface area contributed by atoms with E-state index in [9.17, 15) is 13.2 Å². The molecule has 21 heavy (non-hydrogen) atoms. The van der Waals surface area contributed by atoms with E-state index in [1.54, 1.807) is 25.3 Å². The monoisotopic (exact) mass is 314 g/mol. The van der Waals surface area contributed by atoms with Crippen LogP contribution in [0.1, 0.15) is 12.0 Å². The number of carbonyl (C=O) groups excluding carboxylic acids is 1. The Bertz CT molecular complexity index is 644. The quantitative estimate of drug-likeness (QED) is 0.830. The summed E-state index contributed by atoms with van der Waals surface area (Å²) in [6, 6.07) is 5.25. The van der Waals surface area contributed by atoms with Crippen molar-refractivity contribution in [2.45, 2.75) is 18.2 Å². The number of methoxy groups -OCH3 is 2. The molecule has 1 heterocycles. The fourth-order valence-corrected chi connectivity index (χ4v) is 3.08. The van der Waals surface area contributed by atoms with Crippen LogP contribution in [-0.4, -0.2) is 45.2 Å². The Morgan fingerprint density at radius 3 is 2.57 bits per heavy atom. The SMILES string of the molecule is COc1ccc(OC)c(CN2CC(S(N)(=O)=O)CC2=O)c1. The summed E-state index contributed by atoms with van der Waals surface area (Å²) in [5.41, 5.74) is 0.750. The third kappa shape index (κ3) is 3.45. The van der Waals surface area contributed by atoms with Gasteiger partial charge >= 0.3 is 0 Å². The lowest BCUT2D eigenvalue weighted by Crippen LogP contribution is -2.32. The van der Waals surface area contributed by atoms with E-state index in [4.69, 9.17) is 14.6 Å². The minimum Gasteiger partial charge on any atom is -0.497 e. The van der Waals surface area contributed by atoms with E-state index in [2.05, 4.69) is 0 Å². The van der Waals surface area contributed by atoms with Crippen LogP contribution in [0.3, 0.4) is 0 Å². The molecule has 1 saturated heterocycles. The maximum atomic E-state index is 11.9. The molecule has 2 rings (SSSR count). The summed E-state index contributed by atoms with van der Waals surface area (Å²) in [5, 5.41) is 4.26. The number of hydrogen-bond acceptors (Lipinski definition) is 5. The van der Waals surface area contributed by atoms with Gasteiger partial charge in [0.2, 0.25) is 15.9 Å². The molecule has 1 atom stereocenters. The van der Waals surface area contributed by atoms with Crippen LogP contribution in [0.25, 0.3) is 0 Å². The Morgan fingerprint density at radius 2 is 2.05 bits per heavy atom. The normalized spacial score (nSPS) is 18.9. The van der Waals surface area contributed by atoms with Crippen molar-refractivity contribution in [1.29, 1.82) is 0 Å². The van der Waals surface area contributed by atoms with Crippen LogP contribution in [-0.2, 0) is 21.4 Å². The van der Waals surface area contributed by atoms with Gasteiger partial charge in [-0.25, -0.2) is 13.6 Å². The number of sulfonamides is 1. The molecule has 8 heteroatoms. The van der Waals surface area contributed by atoms with E-state index in [1.165, 1.54) is 12.0 Å². The van der Waals surface area contributed by atoms with Gasteiger partial charge in [0, 0.05) is 25.1 Å². The highest BCUT2D eigenvalue weighted by molar-refractivity contribution is 7.89. The zero-order chi connectivity index (χ0) is 15.6. The molecule has 0 aliphatic carbocycles. The van der Waals surface area contributed by atoms with Crippen LogP contribution >= 0.6 is 0 Å². The minimum absolute atomic E-state index is 0.0783. The molecule has 1 fully saturated rings. The van der Waals surface area contributed by atoms with Crippen LogP contribution in [0.2, 0.25) is 0 Å². The topological polar surface area (TPSA) is 98.9 Å². The van der Waals surface area contributed by atoms with Gasteiger partial charge in [-0.1, -0.05) is 0 Å². The summed E-state index contributed by atoms with van der Waals surface area (Å²) >= 11 is 0. The molecular formula is C13H18N2O5S. The zero-order valence-electron chi connectivity index (χ0n) is 11.9. The molecule has 7 nitrogen and oxygen atoms in total. The summed E-state index contributed by atoms with van der Waals surface area (Å²) in [6.07, 6.45) is -0.0783. The molecule has 1 amide bonds. The maximum absolute atomic E-state index is 11.9. The minimum atomic E-state index is -3.71. The fourth-order valence-electron chi connectivity index (χ4n) is 2.32. The number of nitrogens with zero attached hydrogens (tertiary/aromatic N) is 1. The van der Waals surface area contributed by atoms with Crippen LogP contribution in [0.5, 0.6) is 11.5 Å². The van der Waals surface area contributed by atoms with E-state index in [1.807, 2.05) is 0 Å². The van der Waals surface area contributed by atoms with Gasteiger partial charge in [-0.3, -0.25) is 4.79 Å². The standard InChI is InChI=1S/C13H18N2O5S/c1-19-10-3-4-12(20-2)9(5-10)7-15-8-11(6-13(15)16)21(14,17)18/h3-5,11H,6-8H2,1-2H3,(H2,14,17,18). The molecule has 1 unspecified atom stereocenters. The lowest BCUT2D eigenvalue weighted by Gasteiger charge is -2.18. The van der Waals surface area contributed by atoms with Crippen molar-refractivity contribution in [3.05, 3.63) is 23.8 Å². The van der Waals surface area contributed by atoms with Crippen molar-refractivity contribution in [3.8, 4) is 11.5 Å². The molecule has 0 bridgehead atoms. The Labute approximate surface area is 123 Å². The number of carbonyl (C=O) groups is 1. The van der Waals surface area contributed by atoms with Gasteiger partial charge in [0.05, 0.1) is 14.2 Å². The number of nitrogens with two attached hydrogens (primary N) is 1. The van der Waals surface area contributed by atoms with Gasteiger partial charge < -0.3 is 14.4 Å². The number of benzene rings is 1. The van der Waals surface area contributed by atoms with Crippen molar-refractivity contribution in [2.24, 2.45) is 5.14 Å². The average molecular weight is 314 g/mol. The van der Waals surface area contributed by atoms with Crippen LogP contribution < -0.4 is 14.6 Å². The van der Waals surface area contributed by atoms with Gasteiger partial charge in [0.1, 0.15) is 16.7 Å². The highest BCUT2D eigenvalue weighted by Gasteiger charge is 2.36. The molecule has 1 aromatic carbocycles. The highest BCUT2D eigenvalue weighted by Crippen LogP contribution is 2.27. The van der Waals surface area contributed by atoms with Gasteiger partial charge in [-0.05, 0) is 18.2 Å². The molecule has 1 aromatic rings. The third-order valence-corrected chi connectivity index (χ3v) is 4.74. The Hall–Kier alpha value is -1.80. The van der Waals surface area contributed by atoms with Gasteiger partial charge in [0.25, 0.3) is 0 Å². The first-order valence-electron chi connectivity index (χ1n) is 6.35. The summed E-state index contributed by atoms with van der Waals surface area (Å²) in [7, 11) is -0.630. The summed E-state index contributed by atoms with van der Waals surface area (Å²) in [6.45, 7) is 0.350. The summed E-state index contributed by atoms with van der Waals surface area (Å²) < 4.78 is 33.1. The third-order valence-electron chi connectivity index (χ3n) is 3.49. The summed E-state index contributed by atoms with van der Waals surface area (Å²) in [5.74, 6) is 1.02. The van der Waals surface area contributed by atoms with E-state index >= 15 is 0 Å². The van der Waals surface area contributed by atoms with Crippen molar-refractivity contribution in [2.75, 3.05) is 20.8 Å². The van der Waals surface area contributed by atoms with Crippen LogP contribution in [0.4, 0.5) is 0 Å². The first-order valence-corrected chi connectivity index (χ1v) is 7.96. The number of rotatable bonds is 5. The average Bonchev–Trinajstić information content (AvgIpc) is 2.80. The first-order chi connectivity index (χ1) is 9.85. The van der Waals surface area contributed by atoms with Crippen molar-refractivity contribution >= 4 is 15.9 Å². The lowest BCUT2D eigenvalue weighted by molar-refractivity contribution is -0.128. The predicted octanol–water partition coefficient (Wildman–Crippen LogP) is 0.0932. The van der Waals surface area contributed by atoms with Crippen molar-refractivity contribution in [3.63, 3.8) is 0 Å². The smallest absolute Gasteiger partial charge is 0.224 e. The molecule has 2 N–H and O–H groups in total. The molecule has 0 spiro atoms. The molecule has 0 saturated carbocycles. The van der Waals surface area contributed by atoms with E-state index in [-0.39, 0.29) is 25.4 Å². The molecule has 0 aromatic heterocycles. The Kier molecular flexibility index (Phi) is 4.38. The number of primary sulfonamides is 1. The zero-order valence-corrected chi connectivity index (χ0v) is 12.7. The van der Waals surface area contributed by atoms with E-state index in [0.717, 1.165) is 5.56 Å². The predicted molar refractivity (Wildman–Crippen MR) is 76.5 cm³/mol. The van der Waals surface area contributed by atoms with E-state index < -0.39 is 15.3 Å². The maximum Gasteiger partial charge on any atom is 0.224 e. The lowest BCUT2D eigenvalue weighted by atomic mass is 10.1. The summed E-state index contributed by atoms with van der Waals surface area (Å²) in [4.78, 5) is 13.4. The van der Waals surface area contributed by atoms with Crippen LogP contribution in [0, 0.1) is 0 Å². The fraction of sp³-hybridized carbons (Fsp3) is 0.462. The number of amides is 1. The Morgan fingerprint density at radius 1 is 1.33 bits per heavy atom. The number of ether oxygens (including phenoxy) is 2. The second-order valence-corrected chi connectivity index (χ2v) is 6.71. The molecule has 1 aliphatic heterocycles. The largest absolute Gasteiger partial charge is 0.497 e. The first kappa shape index (κ1) is 15.6. The van der Waals surface area contributed by atoms with Crippen molar-refractivity contribution < 1.29 is 22.7 Å². The van der Waals surface area contributed by atoms with Gasteiger partial charge in [-0.15, -0.1) is 0 Å². The number of hydrogen-bond donors (Lipinski definition) is 1. The molecular weight excluding hydrogens is 296 g/mol. The second kappa shape index (κ2) is 5.90. The number of likely N-dealkylation sites (tertiary alicyclic amines) is 1. The Balaban J connectivity index is 2.20. The molecule has 0 radical (unpaired) electrons. The molecule has 1 aliphatic rings. The molecule has 116 valence electrons. The van der Waals surface area contributed by atoms with Gasteiger partial charge in [-0.2, -0.15) is 0 Å².